The zero-order valence-corrected chi connectivity index (χ0v) is 31.1. The standard InChI is InChI=1S/C38H50N6O6S/c1-24-31-22-28(50-5)12-14-29(31)34-33(25-9-7-6-8-10-25)30-13-11-26(35(45)40-51(48,49)41(3)4)21-32(30)44(34)23-38(24,2)39-36(46)37(47)43-20-19-42-17-15-27(43)16-18-42/h11-14,21-22,24-25,27H,6-10,15-20,23H2,1-5H3,(H,39,46)(H,40,45). The number of amides is 3. The van der Waals surface area contributed by atoms with Crippen LogP contribution >= 0.6 is 0 Å². The summed E-state index contributed by atoms with van der Waals surface area (Å²) >= 11 is 0. The molecule has 13 heteroatoms. The van der Waals surface area contributed by atoms with Crippen LogP contribution in [0.25, 0.3) is 22.2 Å². The summed E-state index contributed by atoms with van der Waals surface area (Å²) in [7, 11) is 0.358. The van der Waals surface area contributed by atoms with E-state index in [9.17, 15) is 22.8 Å². The number of ether oxygens (including phenoxy) is 1. The van der Waals surface area contributed by atoms with E-state index in [0.29, 0.717) is 18.8 Å². The summed E-state index contributed by atoms with van der Waals surface area (Å²) in [5.41, 5.74) is 4.31. The Morgan fingerprint density at radius 2 is 1.67 bits per heavy atom. The summed E-state index contributed by atoms with van der Waals surface area (Å²) < 4.78 is 36.3. The van der Waals surface area contributed by atoms with E-state index in [1.54, 1.807) is 24.1 Å². The molecule has 2 atom stereocenters. The van der Waals surface area contributed by atoms with Gasteiger partial charge < -0.3 is 24.4 Å². The second-order valence-electron chi connectivity index (χ2n) is 15.3. The lowest BCUT2D eigenvalue weighted by Crippen LogP contribution is -2.57. The molecule has 3 aromatic rings. The fourth-order valence-electron chi connectivity index (χ4n) is 8.84. The Morgan fingerprint density at radius 3 is 2.35 bits per heavy atom. The van der Waals surface area contributed by atoms with E-state index in [0.717, 1.165) is 90.2 Å². The lowest BCUT2D eigenvalue weighted by atomic mass is 9.78. The summed E-state index contributed by atoms with van der Waals surface area (Å²) in [5, 5.41) is 4.25. The predicted molar refractivity (Wildman–Crippen MR) is 196 cm³/mol. The maximum Gasteiger partial charge on any atom is 0.312 e. The molecule has 3 saturated heterocycles. The fourth-order valence-corrected chi connectivity index (χ4v) is 9.37. The monoisotopic (exact) mass is 718 g/mol. The van der Waals surface area contributed by atoms with Crippen LogP contribution in [-0.2, 0) is 26.3 Å². The molecule has 5 heterocycles. The molecule has 1 aromatic heterocycles. The first-order valence-corrected chi connectivity index (χ1v) is 19.7. The van der Waals surface area contributed by atoms with Crippen molar-refractivity contribution in [2.45, 2.75) is 88.8 Å². The van der Waals surface area contributed by atoms with Gasteiger partial charge in [0.2, 0.25) is 0 Å². The number of hydrogen-bond acceptors (Lipinski definition) is 7. The molecule has 5 aliphatic rings. The van der Waals surface area contributed by atoms with E-state index in [1.807, 2.05) is 25.1 Å². The van der Waals surface area contributed by atoms with Crippen LogP contribution in [0.3, 0.4) is 0 Å². The number of benzene rings is 2. The molecular weight excluding hydrogens is 669 g/mol. The summed E-state index contributed by atoms with van der Waals surface area (Å²) in [6.07, 6.45) is 7.24. The van der Waals surface area contributed by atoms with Crippen LogP contribution in [0.5, 0.6) is 5.75 Å². The highest BCUT2D eigenvalue weighted by Gasteiger charge is 2.44. The largest absolute Gasteiger partial charge is 0.497 e. The lowest BCUT2D eigenvalue weighted by molar-refractivity contribution is -0.148. The second kappa shape index (κ2) is 13.6. The number of piperidine rings is 1. The number of carbonyl (C=O) groups excluding carboxylic acids is 3. The molecule has 2 N–H and O–H groups in total. The third-order valence-corrected chi connectivity index (χ3v) is 13.4. The summed E-state index contributed by atoms with van der Waals surface area (Å²) in [5.74, 6) is -1.09. The van der Waals surface area contributed by atoms with Gasteiger partial charge in [-0.2, -0.15) is 12.7 Å². The van der Waals surface area contributed by atoms with Gasteiger partial charge in [0.1, 0.15) is 5.75 Å². The Labute approximate surface area is 300 Å². The topological polar surface area (TPSA) is 133 Å². The van der Waals surface area contributed by atoms with Crippen LogP contribution < -0.4 is 14.8 Å². The number of fused-ring (bicyclic) bond motifs is 9. The van der Waals surface area contributed by atoms with Crippen LogP contribution in [0, 0.1) is 0 Å². The summed E-state index contributed by atoms with van der Waals surface area (Å²) in [6.45, 7) is 7.59. The molecule has 4 fully saturated rings. The van der Waals surface area contributed by atoms with Gasteiger partial charge in [-0.05, 0) is 80.0 Å². The molecular formula is C38H50N6O6S. The second-order valence-corrected chi connectivity index (χ2v) is 17.1. The number of carbonyl (C=O) groups is 3. The van der Waals surface area contributed by atoms with Crippen molar-refractivity contribution in [3.8, 4) is 17.0 Å². The highest BCUT2D eigenvalue weighted by Crippen LogP contribution is 2.50. The first-order valence-electron chi connectivity index (χ1n) is 18.3. The predicted octanol–water partition coefficient (Wildman–Crippen LogP) is 4.20. The minimum Gasteiger partial charge on any atom is -0.497 e. The number of aromatic nitrogens is 1. The molecule has 1 aliphatic carbocycles. The van der Waals surface area contributed by atoms with Gasteiger partial charge >= 0.3 is 22.0 Å². The number of hydrogen-bond donors (Lipinski definition) is 2. The molecule has 8 rings (SSSR count). The van der Waals surface area contributed by atoms with Crippen LogP contribution in [0.15, 0.2) is 36.4 Å². The van der Waals surface area contributed by atoms with Crippen molar-refractivity contribution in [3.05, 3.63) is 53.1 Å². The third kappa shape index (κ3) is 6.42. The highest BCUT2D eigenvalue weighted by atomic mass is 32.2. The molecule has 0 radical (unpaired) electrons. The Balaban J connectivity index is 1.37. The molecule has 2 aromatic carbocycles. The normalized spacial score (nSPS) is 25.1. The Kier molecular flexibility index (Phi) is 9.43. The molecule has 2 unspecified atom stereocenters. The molecule has 4 aliphatic heterocycles. The van der Waals surface area contributed by atoms with Crippen molar-refractivity contribution in [3.63, 3.8) is 0 Å². The average molecular weight is 719 g/mol. The molecule has 2 bridgehead atoms. The van der Waals surface area contributed by atoms with E-state index in [2.05, 4.69) is 32.5 Å². The molecule has 1 saturated carbocycles. The van der Waals surface area contributed by atoms with Gasteiger partial charge in [0.25, 0.3) is 5.91 Å². The molecule has 274 valence electrons. The molecule has 0 spiro atoms. The zero-order valence-electron chi connectivity index (χ0n) is 30.3. The van der Waals surface area contributed by atoms with E-state index in [4.69, 9.17) is 4.74 Å². The van der Waals surface area contributed by atoms with Crippen LogP contribution in [0.2, 0.25) is 0 Å². The number of methoxy groups -OCH3 is 1. The van der Waals surface area contributed by atoms with Crippen LogP contribution in [0.1, 0.15) is 92.1 Å². The summed E-state index contributed by atoms with van der Waals surface area (Å²) in [6, 6.07) is 11.5. The SMILES string of the molecule is COc1ccc2c(c1)C(C)C(C)(NC(=O)C(=O)N1CCN3CCC1CC3)Cn1c-2c(C2CCCCC2)c2ccc(C(=O)NS(=O)(=O)N(C)C)cc21. The van der Waals surface area contributed by atoms with Gasteiger partial charge in [-0.1, -0.05) is 32.3 Å². The van der Waals surface area contributed by atoms with E-state index < -0.39 is 33.5 Å². The van der Waals surface area contributed by atoms with Crippen molar-refractivity contribution in [1.29, 1.82) is 0 Å². The maximum absolute atomic E-state index is 14.1. The van der Waals surface area contributed by atoms with Crippen molar-refractivity contribution in [1.82, 2.24) is 28.7 Å². The zero-order chi connectivity index (χ0) is 36.2. The smallest absolute Gasteiger partial charge is 0.312 e. The third-order valence-electron chi connectivity index (χ3n) is 12.0. The van der Waals surface area contributed by atoms with Crippen molar-refractivity contribution in [2.24, 2.45) is 0 Å². The van der Waals surface area contributed by atoms with Gasteiger partial charge in [0.05, 0.1) is 18.3 Å². The fraction of sp³-hybridized carbons (Fsp3) is 0.553. The number of nitrogens with one attached hydrogen (secondary N) is 2. The maximum atomic E-state index is 14.1. The average Bonchev–Trinajstić information content (AvgIpc) is 3.26. The Morgan fingerprint density at radius 1 is 0.941 bits per heavy atom. The van der Waals surface area contributed by atoms with Gasteiger partial charge in [-0.25, -0.2) is 4.72 Å². The van der Waals surface area contributed by atoms with E-state index in [1.165, 1.54) is 26.1 Å². The van der Waals surface area contributed by atoms with Crippen molar-refractivity contribution in [2.75, 3.05) is 47.4 Å². The molecule has 3 amide bonds. The summed E-state index contributed by atoms with van der Waals surface area (Å²) in [4.78, 5) is 45.5. The number of rotatable bonds is 6. The molecule has 51 heavy (non-hydrogen) atoms. The Bertz CT molecular complexity index is 1980. The Hall–Kier alpha value is -3.94. The van der Waals surface area contributed by atoms with Crippen molar-refractivity contribution < 1.29 is 27.5 Å². The van der Waals surface area contributed by atoms with Gasteiger partial charge in [-0.3, -0.25) is 14.4 Å². The van der Waals surface area contributed by atoms with Crippen molar-refractivity contribution >= 4 is 38.8 Å². The number of nitrogens with zero attached hydrogens (tertiary/aromatic N) is 4. The molecule has 12 nitrogen and oxygen atoms in total. The first kappa shape index (κ1) is 35.5. The van der Waals surface area contributed by atoms with Gasteiger partial charge in [0.15, 0.2) is 0 Å². The van der Waals surface area contributed by atoms with Crippen LogP contribution in [0.4, 0.5) is 0 Å². The van der Waals surface area contributed by atoms with E-state index in [-0.39, 0.29) is 23.4 Å². The van der Waals surface area contributed by atoms with Gasteiger partial charge in [0, 0.05) is 80.8 Å². The quantitative estimate of drug-likeness (QED) is 0.365. The lowest BCUT2D eigenvalue weighted by Gasteiger charge is -2.37. The highest BCUT2D eigenvalue weighted by molar-refractivity contribution is 7.87. The van der Waals surface area contributed by atoms with Crippen LogP contribution in [-0.4, -0.2) is 104 Å². The minimum absolute atomic E-state index is 0.0604. The minimum atomic E-state index is -4.01. The first-order chi connectivity index (χ1) is 24.3. The van der Waals surface area contributed by atoms with E-state index >= 15 is 0 Å². The van der Waals surface area contributed by atoms with Gasteiger partial charge in [-0.15, -0.1) is 0 Å².